The molecule has 2 atom stereocenters. The number of amides is 2. The van der Waals surface area contributed by atoms with Crippen LogP contribution in [0.1, 0.15) is 31.5 Å². The largest absolute Gasteiger partial charge is 0.324 e. The van der Waals surface area contributed by atoms with Gasteiger partial charge in [-0.3, -0.25) is 4.21 Å². The number of aryl methyl sites for hydroxylation is 1. The van der Waals surface area contributed by atoms with Crippen molar-refractivity contribution < 1.29 is 9.00 Å². The van der Waals surface area contributed by atoms with Crippen LogP contribution in [0.15, 0.2) is 35.5 Å². The van der Waals surface area contributed by atoms with Crippen molar-refractivity contribution in [3.05, 3.63) is 36.4 Å². The number of carbonyl (C=O) groups excluding carboxylic acids is 1. The van der Waals surface area contributed by atoms with Crippen molar-refractivity contribution in [2.75, 3.05) is 24.7 Å². The van der Waals surface area contributed by atoms with Crippen LogP contribution in [0.4, 0.5) is 10.5 Å². The Morgan fingerprint density at radius 3 is 2.80 bits per heavy atom. The van der Waals surface area contributed by atoms with Gasteiger partial charge in [0.1, 0.15) is 12.2 Å². The normalized spacial score (nSPS) is 18.8. The first-order chi connectivity index (χ1) is 12.1. The molecule has 2 heterocycles. The van der Waals surface area contributed by atoms with Gasteiger partial charge in [0.25, 0.3) is 0 Å². The number of hydrogen-bond acceptors (Lipinski definition) is 4. The van der Waals surface area contributed by atoms with E-state index in [4.69, 9.17) is 0 Å². The average Bonchev–Trinajstić information content (AvgIpc) is 3.11. The predicted molar refractivity (Wildman–Crippen MR) is 97.0 cm³/mol. The number of likely N-dealkylation sites (tertiary alicyclic amines) is 1. The van der Waals surface area contributed by atoms with Crippen molar-refractivity contribution in [2.24, 2.45) is 0 Å². The number of hydrogen-bond donors (Lipinski definition) is 1. The molecule has 134 valence electrons. The number of carbonyl (C=O) groups is 1. The van der Waals surface area contributed by atoms with Crippen LogP contribution in [0.25, 0.3) is 0 Å². The van der Waals surface area contributed by atoms with E-state index in [1.54, 1.807) is 36.8 Å². The maximum Gasteiger partial charge on any atom is 0.321 e. The van der Waals surface area contributed by atoms with Crippen LogP contribution in [0, 0.1) is 0 Å². The lowest BCUT2D eigenvalue weighted by Gasteiger charge is -2.32. The summed E-state index contributed by atoms with van der Waals surface area (Å²) in [6, 6.07) is 6.99. The molecule has 0 bridgehead atoms. The molecule has 1 aromatic carbocycles. The van der Waals surface area contributed by atoms with Gasteiger partial charge in [0.15, 0.2) is 0 Å². The van der Waals surface area contributed by atoms with Gasteiger partial charge in [-0.05, 0) is 44.0 Å². The quantitative estimate of drug-likeness (QED) is 0.907. The van der Waals surface area contributed by atoms with E-state index >= 15 is 0 Å². The number of rotatable bonds is 4. The zero-order chi connectivity index (χ0) is 17.8. The highest BCUT2D eigenvalue weighted by molar-refractivity contribution is 7.84. The lowest BCUT2D eigenvalue weighted by molar-refractivity contribution is 0.190. The molecule has 1 aliphatic heterocycles. The molecule has 1 aromatic heterocycles. The van der Waals surface area contributed by atoms with Crippen molar-refractivity contribution >= 4 is 22.5 Å². The summed E-state index contributed by atoms with van der Waals surface area (Å²) in [5.41, 5.74) is 0.707. The summed E-state index contributed by atoms with van der Waals surface area (Å²) in [6.45, 7) is 4.27. The van der Waals surface area contributed by atoms with E-state index in [0.717, 1.165) is 36.7 Å². The Morgan fingerprint density at radius 1 is 1.36 bits per heavy atom. The molecule has 3 rings (SSSR count). The Kier molecular flexibility index (Phi) is 5.47. The number of anilines is 1. The molecular weight excluding hydrogens is 338 g/mol. The van der Waals surface area contributed by atoms with Crippen molar-refractivity contribution in [3.63, 3.8) is 0 Å². The number of aromatic nitrogens is 3. The molecule has 0 radical (unpaired) electrons. The molecule has 8 heteroatoms. The van der Waals surface area contributed by atoms with Gasteiger partial charge in [0.05, 0.1) is 0 Å². The molecule has 0 spiro atoms. The van der Waals surface area contributed by atoms with Crippen LogP contribution in [0.3, 0.4) is 0 Å². The van der Waals surface area contributed by atoms with Gasteiger partial charge in [0.2, 0.25) is 0 Å². The average molecular weight is 361 g/mol. The van der Waals surface area contributed by atoms with Gasteiger partial charge in [0, 0.05) is 53.2 Å². The summed E-state index contributed by atoms with van der Waals surface area (Å²) >= 11 is 0. The van der Waals surface area contributed by atoms with Crippen molar-refractivity contribution in [1.29, 1.82) is 0 Å². The summed E-state index contributed by atoms with van der Waals surface area (Å²) in [6.07, 6.45) is 5.34. The second kappa shape index (κ2) is 7.77. The first kappa shape index (κ1) is 17.6. The van der Waals surface area contributed by atoms with E-state index < -0.39 is 10.8 Å². The Morgan fingerprint density at radius 2 is 2.12 bits per heavy atom. The first-order valence-electron chi connectivity index (χ1n) is 8.45. The molecule has 0 unspecified atom stereocenters. The van der Waals surface area contributed by atoms with E-state index in [-0.39, 0.29) is 11.9 Å². The van der Waals surface area contributed by atoms with Gasteiger partial charge in [-0.25, -0.2) is 4.79 Å². The Bertz CT molecular complexity index is 759. The van der Waals surface area contributed by atoms with E-state index in [9.17, 15) is 9.00 Å². The van der Waals surface area contributed by atoms with Crippen LogP contribution >= 0.6 is 0 Å². The van der Waals surface area contributed by atoms with Crippen molar-refractivity contribution in [3.8, 4) is 0 Å². The fraction of sp³-hybridized carbons (Fsp3) is 0.471. The molecule has 0 saturated carbocycles. The lowest BCUT2D eigenvalue weighted by atomic mass is 9.97. The zero-order valence-corrected chi connectivity index (χ0v) is 15.3. The summed E-state index contributed by atoms with van der Waals surface area (Å²) in [4.78, 5) is 15.1. The molecule has 25 heavy (non-hydrogen) atoms. The maximum atomic E-state index is 12.6. The number of piperidine rings is 1. The number of nitrogens with one attached hydrogen (secondary N) is 1. The molecule has 7 nitrogen and oxygen atoms in total. The van der Waals surface area contributed by atoms with Crippen molar-refractivity contribution in [1.82, 2.24) is 19.7 Å². The molecule has 2 aromatic rings. The Hall–Kier alpha value is -2.22. The third kappa shape index (κ3) is 4.07. The van der Waals surface area contributed by atoms with Crippen LogP contribution < -0.4 is 5.32 Å². The number of urea groups is 1. The van der Waals surface area contributed by atoms with Gasteiger partial charge in [-0.2, -0.15) is 0 Å². The minimum atomic E-state index is -1.02. The van der Waals surface area contributed by atoms with Crippen LogP contribution in [-0.2, 0) is 17.3 Å². The molecule has 1 saturated heterocycles. The second-order valence-electron chi connectivity index (χ2n) is 6.17. The summed E-state index contributed by atoms with van der Waals surface area (Å²) < 4.78 is 13.5. The molecule has 2 amide bonds. The minimum Gasteiger partial charge on any atom is -0.324 e. The molecule has 1 fully saturated rings. The monoisotopic (exact) mass is 361 g/mol. The fourth-order valence-corrected chi connectivity index (χ4v) is 3.65. The maximum absolute atomic E-state index is 12.6. The first-order valence-corrected chi connectivity index (χ1v) is 10.0. The van der Waals surface area contributed by atoms with Gasteiger partial charge >= 0.3 is 6.03 Å². The highest BCUT2D eigenvalue weighted by Gasteiger charge is 2.27. The molecular formula is C17H23N5O2S. The van der Waals surface area contributed by atoms with Crippen LogP contribution in [-0.4, -0.2) is 49.2 Å². The third-order valence-corrected chi connectivity index (χ3v) is 5.43. The predicted octanol–water partition coefficient (Wildman–Crippen LogP) is 2.45. The Labute approximate surface area is 149 Å². The SMILES string of the molecule is CCn1cnnc1[C@@H]1CCCN(C(=O)Nc2ccc([S@@](C)=O)cc2)C1. The van der Waals surface area contributed by atoms with Crippen molar-refractivity contribution in [2.45, 2.75) is 37.1 Å². The standard InChI is InChI=1S/C17H23N5O2S/c1-3-21-12-18-20-16(21)13-5-4-10-22(11-13)17(23)19-14-6-8-15(9-7-14)25(2)24/h6-9,12-13H,3-5,10-11H2,1-2H3,(H,19,23)/t13-,25-/m1/s1. The molecule has 0 aliphatic carbocycles. The van der Waals surface area contributed by atoms with Crippen LogP contribution in [0.2, 0.25) is 0 Å². The van der Waals surface area contributed by atoms with Gasteiger partial charge in [-0.15, -0.1) is 10.2 Å². The number of nitrogens with zero attached hydrogens (tertiary/aromatic N) is 4. The second-order valence-corrected chi connectivity index (χ2v) is 7.55. The van der Waals surface area contributed by atoms with Gasteiger partial charge < -0.3 is 14.8 Å². The van der Waals surface area contributed by atoms with Gasteiger partial charge in [-0.1, -0.05) is 0 Å². The smallest absolute Gasteiger partial charge is 0.321 e. The summed E-state index contributed by atoms with van der Waals surface area (Å²) in [5, 5.41) is 11.2. The highest BCUT2D eigenvalue weighted by atomic mass is 32.2. The van der Waals surface area contributed by atoms with Crippen LogP contribution in [0.5, 0.6) is 0 Å². The Balaban J connectivity index is 1.64. The minimum absolute atomic E-state index is 0.113. The van der Waals surface area contributed by atoms with E-state index in [0.29, 0.717) is 12.2 Å². The summed E-state index contributed by atoms with van der Waals surface area (Å²) in [7, 11) is -1.02. The molecule has 1 N–H and O–H groups in total. The van der Waals surface area contributed by atoms with E-state index in [1.807, 2.05) is 9.47 Å². The lowest BCUT2D eigenvalue weighted by Crippen LogP contribution is -2.42. The highest BCUT2D eigenvalue weighted by Crippen LogP contribution is 2.26. The molecule has 1 aliphatic rings. The zero-order valence-electron chi connectivity index (χ0n) is 14.5. The number of benzene rings is 1. The van der Waals surface area contributed by atoms with E-state index in [2.05, 4.69) is 22.4 Å². The summed E-state index contributed by atoms with van der Waals surface area (Å²) in [5.74, 6) is 1.17. The fourth-order valence-electron chi connectivity index (χ4n) is 3.13. The topological polar surface area (TPSA) is 80.1 Å². The third-order valence-electron chi connectivity index (χ3n) is 4.50. The van der Waals surface area contributed by atoms with E-state index in [1.165, 1.54) is 0 Å².